The summed E-state index contributed by atoms with van der Waals surface area (Å²) in [5.74, 6) is 5.08. The van der Waals surface area contributed by atoms with Gasteiger partial charge < -0.3 is 0 Å². The fraction of sp³-hybridized carbons (Fsp3) is 1.00. The standard InChI is InChI=1S/C21H37N/c1-14(2)17-10-19-12-20(11-17)22(19)13-21(3,4)18-8-15-5-6-16(7-15)9-18/h14-20H,5-13H2,1-4H3. The van der Waals surface area contributed by atoms with Crippen molar-refractivity contribution in [3.63, 3.8) is 0 Å². The van der Waals surface area contributed by atoms with E-state index in [0.717, 1.165) is 41.7 Å². The molecule has 2 aliphatic heterocycles. The van der Waals surface area contributed by atoms with Crippen LogP contribution >= 0.6 is 0 Å². The van der Waals surface area contributed by atoms with E-state index in [1.165, 1.54) is 25.8 Å². The first-order valence-electron chi connectivity index (χ1n) is 10.2. The van der Waals surface area contributed by atoms with Crippen LogP contribution in [0.25, 0.3) is 0 Å². The molecule has 4 unspecified atom stereocenters. The normalized spacial score (nSPS) is 45.1. The Morgan fingerprint density at radius 1 is 0.864 bits per heavy atom. The molecule has 0 radical (unpaired) electrons. The van der Waals surface area contributed by atoms with Crippen LogP contribution in [0.2, 0.25) is 0 Å². The fourth-order valence-electron chi connectivity index (χ4n) is 6.55. The van der Waals surface area contributed by atoms with Crippen LogP contribution in [0.15, 0.2) is 0 Å². The van der Waals surface area contributed by atoms with Crippen LogP contribution in [-0.2, 0) is 0 Å². The Kier molecular flexibility index (Phi) is 3.87. The molecule has 1 heteroatoms. The highest BCUT2D eigenvalue weighted by atomic mass is 15.3. The molecular weight excluding hydrogens is 266 g/mol. The van der Waals surface area contributed by atoms with Crippen LogP contribution < -0.4 is 0 Å². The van der Waals surface area contributed by atoms with Crippen molar-refractivity contribution in [1.29, 1.82) is 0 Å². The second-order valence-electron chi connectivity index (χ2n) is 10.4. The molecule has 2 saturated heterocycles. The molecule has 1 nitrogen and oxygen atoms in total. The summed E-state index contributed by atoms with van der Waals surface area (Å²) in [7, 11) is 0. The Morgan fingerprint density at radius 3 is 2.00 bits per heavy atom. The van der Waals surface area contributed by atoms with Crippen LogP contribution in [0.3, 0.4) is 0 Å². The zero-order valence-electron chi connectivity index (χ0n) is 15.4. The van der Waals surface area contributed by atoms with E-state index < -0.39 is 0 Å². The largest absolute Gasteiger partial charge is 0.297 e. The molecule has 5 rings (SSSR count). The lowest BCUT2D eigenvalue weighted by atomic mass is 9.65. The lowest BCUT2D eigenvalue weighted by Crippen LogP contribution is -2.63. The van der Waals surface area contributed by atoms with E-state index in [0.29, 0.717) is 5.41 Å². The molecule has 0 spiro atoms. The molecule has 22 heavy (non-hydrogen) atoms. The summed E-state index contributed by atoms with van der Waals surface area (Å²) in [4.78, 5) is 2.93. The SMILES string of the molecule is CC(C)C1CC2CC(C1)N2CC(C)(C)C1CC2CCC(C2)C1. The summed E-state index contributed by atoms with van der Waals surface area (Å²) >= 11 is 0. The lowest BCUT2D eigenvalue weighted by molar-refractivity contribution is -0.0912. The Balaban J connectivity index is 1.37. The summed E-state index contributed by atoms with van der Waals surface area (Å²) < 4.78 is 0. The molecule has 0 amide bonds. The van der Waals surface area contributed by atoms with Crippen molar-refractivity contribution in [2.45, 2.75) is 91.1 Å². The van der Waals surface area contributed by atoms with Crippen LogP contribution in [0.5, 0.6) is 0 Å². The molecule has 2 heterocycles. The van der Waals surface area contributed by atoms with Gasteiger partial charge in [0, 0.05) is 18.6 Å². The van der Waals surface area contributed by atoms with Gasteiger partial charge in [-0.3, -0.25) is 4.90 Å². The first-order valence-corrected chi connectivity index (χ1v) is 10.2. The van der Waals surface area contributed by atoms with Crippen LogP contribution in [0, 0.1) is 35.0 Å². The maximum Gasteiger partial charge on any atom is 0.0116 e. The van der Waals surface area contributed by atoms with Gasteiger partial charge in [-0.15, -0.1) is 0 Å². The Labute approximate surface area is 138 Å². The van der Waals surface area contributed by atoms with E-state index in [4.69, 9.17) is 0 Å². The van der Waals surface area contributed by atoms with Crippen molar-refractivity contribution in [3.05, 3.63) is 0 Å². The molecule has 3 aliphatic carbocycles. The van der Waals surface area contributed by atoms with Gasteiger partial charge in [-0.2, -0.15) is 0 Å². The highest BCUT2D eigenvalue weighted by Gasteiger charge is 2.49. The number of rotatable bonds is 4. The molecule has 4 atom stereocenters. The van der Waals surface area contributed by atoms with Crippen molar-refractivity contribution in [3.8, 4) is 0 Å². The van der Waals surface area contributed by atoms with Gasteiger partial charge >= 0.3 is 0 Å². The second-order valence-corrected chi connectivity index (χ2v) is 10.4. The third-order valence-corrected chi connectivity index (χ3v) is 8.16. The maximum atomic E-state index is 2.93. The summed E-state index contributed by atoms with van der Waals surface area (Å²) in [6, 6.07) is 1.87. The smallest absolute Gasteiger partial charge is 0.0116 e. The quantitative estimate of drug-likeness (QED) is 0.677. The number of fused-ring (bicyclic) bond motifs is 4. The Bertz CT molecular complexity index is 388. The van der Waals surface area contributed by atoms with Gasteiger partial charge in [-0.05, 0) is 73.5 Å². The number of hydrogen-bond donors (Lipinski definition) is 0. The van der Waals surface area contributed by atoms with E-state index in [1.54, 1.807) is 32.1 Å². The van der Waals surface area contributed by atoms with Crippen molar-refractivity contribution >= 4 is 0 Å². The Morgan fingerprint density at radius 2 is 1.45 bits per heavy atom. The topological polar surface area (TPSA) is 3.24 Å². The van der Waals surface area contributed by atoms with E-state index in [-0.39, 0.29) is 0 Å². The number of hydrogen-bond acceptors (Lipinski definition) is 1. The summed E-state index contributed by atoms with van der Waals surface area (Å²) in [6.45, 7) is 11.4. The molecule has 4 bridgehead atoms. The molecule has 0 aromatic carbocycles. The predicted octanol–water partition coefficient (Wildman–Crippen LogP) is 5.35. The van der Waals surface area contributed by atoms with Gasteiger partial charge in [0.2, 0.25) is 0 Å². The number of piperidine rings is 1. The maximum absolute atomic E-state index is 2.93. The highest BCUT2D eigenvalue weighted by Crippen LogP contribution is 2.52. The molecule has 5 aliphatic rings. The average Bonchev–Trinajstić information content (AvgIpc) is 2.83. The van der Waals surface area contributed by atoms with E-state index in [1.807, 2.05) is 0 Å². The van der Waals surface area contributed by atoms with Crippen molar-refractivity contribution in [2.24, 2.45) is 35.0 Å². The van der Waals surface area contributed by atoms with Crippen molar-refractivity contribution < 1.29 is 0 Å². The minimum absolute atomic E-state index is 0.544. The van der Waals surface area contributed by atoms with Crippen LogP contribution in [0.4, 0.5) is 0 Å². The predicted molar refractivity (Wildman–Crippen MR) is 93.8 cm³/mol. The average molecular weight is 304 g/mol. The lowest BCUT2D eigenvalue weighted by Gasteiger charge is -2.59. The molecule has 126 valence electrons. The molecule has 0 N–H and O–H groups in total. The van der Waals surface area contributed by atoms with Gasteiger partial charge in [-0.1, -0.05) is 40.5 Å². The number of nitrogens with zero attached hydrogens (tertiary/aromatic N) is 1. The van der Waals surface area contributed by atoms with Crippen LogP contribution in [0.1, 0.15) is 79.1 Å². The van der Waals surface area contributed by atoms with E-state index in [2.05, 4.69) is 32.6 Å². The summed E-state index contributed by atoms with van der Waals surface area (Å²) in [5, 5.41) is 0. The van der Waals surface area contributed by atoms with E-state index in [9.17, 15) is 0 Å². The zero-order valence-corrected chi connectivity index (χ0v) is 15.4. The first kappa shape index (κ1) is 15.5. The molecular formula is C21H37N. The minimum atomic E-state index is 0.544. The monoisotopic (exact) mass is 303 g/mol. The van der Waals surface area contributed by atoms with Gasteiger partial charge in [-0.25, -0.2) is 0 Å². The Hall–Kier alpha value is -0.0400. The molecule has 0 aromatic rings. The molecule has 5 fully saturated rings. The van der Waals surface area contributed by atoms with Crippen molar-refractivity contribution in [1.82, 2.24) is 4.90 Å². The fourth-order valence-corrected chi connectivity index (χ4v) is 6.55. The highest BCUT2D eigenvalue weighted by molar-refractivity contribution is 5.03. The van der Waals surface area contributed by atoms with Gasteiger partial charge in [0.05, 0.1) is 0 Å². The van der Waals surface area contributed by atoms with Gasteiger partial charge in [0.1, 0.15) is 0 Å². The minimum Gasteiger partial charge on any atom is -0.297 e. The van der Waals surface area contributed by atoms with E-state index >= 15 is 0 Å². The van der Waals surface area contributed by atoms with Crippen molar-refractivity contribution in [2.75, 3.05) is 6.54 Å². The van der Waals surface area contributed by atoms with Gasteiger partial charge in [0.15, 0.2) is 0 Å². The third-order valence-electron chi connectivity index (χ3n) is 8.16. The third kappa shape index (κ3) is 2.66. The van der Waals surface area contributed by atoms with Crippen LogP contribution in [-0.4, -0.2) is 23.5 Å². The zero-order chi connectivity index (χ0) is 15.5. The molecule has 0 aromatic heterocycles. The summed E-state index contributed by atoms with van der Waals surface area (Å²) in [6.07, 6.45) is 12.2. The second kappa shape index (κ2) is 5.50. The first-order chi connectivity index (χ1) is 10.4. The van der Waals surface area contributed by atoms with Gasteiger partial charge in [0.25, 0.3) is 0 Å². The molecule has 3 saturated carbocycles. The summed E-state index contributed by atoms with van der Waals surface area (Å²) in [5.41, 5.74) is 0.544.